The second kappa shape index (κ2) is 4.88. The van der Waals surface area contributed by atoms with Crippen molar-refractivity contribution >= 4 is 22.4 Å². The van der Waals surface area contributed by atoms with Crippen molar-refractivity contribution in [3.05, 3.63) is 5.01 Å². The van der Waals surface area contributed by atoms with Crippen molar-refractivity contribution in [3.63, 3.8) is 0 Å². The van der Waals surface area contributed by atoms with E-state index in [-0.39, 0.29) is 11.8 Å². The van der Waals surface area contributed by atoms with E-state index in [0.717, 1.165) is 23.0 Å². The Morgan fingerprint density at radius 1 is 1.56 bits per heavy atom. The van der Waals surface area contributed by atoms with Gasteiger partial charge in [0.15, 0.2) is 0 Å². The number of amides is 1. The molecule has 1 saturated heterocycles. The van der Waals surface area contributed by atoms with E-state index in [4.69, 9.17) is 5.73 Å². The Bertz CT molecular complexity index is 379. The average Bonchev–Trinajstić information content (AvgIpc) is 2.85. The quantitative estimate of drug-likeness (QED) is 0.845. The molecule has 0 radical (unpaired) electrons. The van der Waals surface area contributed by atoms with Crippen LogP contribution in [0.2, 0.25) is 0 Å². The molecule has 0 aromatic carbocycles. The van der Waals surface area contributed by atoms with Gasteiger partial charge in [0.05, 0.1) is 0 Å². The van der Waals surface area contributed by atoms with Gasteiger partial charge in [-0.3, -0.25) is 9.69 Å². The van der Waals surface area contributed by atoms with E-state index >= 15 is 0 Å². The lowest BCUT2D eigenvalue weighted by atomic mass is 10.1. The lowest BCUT2D eigenvalue weighted by Gasteiger charge is -2.10. The van der Waals surface area contributed by atoms with Crippen LogP contribution in [0, 0.1) is 5.92 Å². The van der Waals surface area contributed by atoms with E-state index in [2.05, 4.69) is 17.1 Å². The summed E-state index contributed by atoms with van der Waals surface area (Å²) in [6, 6.07) is 0. The average molecular weight is 240 g/mol. The molecule has 2 rings (SSSR count). The van der Waals surface area contributed by atoms with Crippen molar-refractivity contribution in [2.75, 3.05) is 18.0 Å². The monoisotopic (exact) mass is 240 g/mol. The molecular weight excluding hydrogens is 224 g/mol. The number of anilines is 1. The lowest BCUT2D eigenvalue weighted by Crippen LogP contribution is -2.25. The first-order valence-corrected chi connectivity index (χ1v) is 6.39. The van der Waals surface area contributed by atoms with Crippen molar-refractivity contribution < 1.29 is 4.79 Å². The minimum atomic E-state index is 0.120. The number of nitrogens with zero attached hydrogens (tertiary/aromatic N) is 3. The van der Waals surface area contributed by atoms with Crippen LogP contribution in [0.4, 0.5) is 5.13 Å². The maximum Gasteiger partial charge on any atom is 0.229 e. The molecule has 1 atom stereocenters. The molecule has 1 unspecified atom stereocenters. The van der Waals surface area contributed by atoms with E-state index in [1.54, 1.807) is 4.90 Å². The van der Waals surface area contributed by atoms with E-state index < -0.39 is 0 Å². The second-order valence-electron chi connectivity index (χ2n) is 4.04. The van der Waals surface area contributed by atoms with Crippen LogP contribution in [-0.4, -0.2) is 29.2 Å². The van der Waals surface area contributed by atoms with E-state index in [0.29, 0.717) is 19.5 Å². The molecule has 1 fully saturated rings. The lowest BCUT2D eigenvalue weighted by molar-refractivity contribution is -0.117. The van der Waals surface area contributed by atoms with Gasteiger partial charge in [-0.25, -0.2) is 0 Å². The highest BCUT2D eigenvalue weighted by Gasteiger charge is 2.31. The molecule has 16 heavy (non-hydrogen) atoms. The topological polar surface area (TPSA) is 72.1 Å². The zero-order valence-electron chi connectivity index (χ0n) is 9.35. The Labute approximate surface area is 98.7 Å². The third-order valence-corrected chi connectivity index (χ3v) is 3.70. The van der Waals surface area contributed by atoms with Gasteiger partial charge in [-0.2, -0.15) is 0 Å². The standard InChI is InChI=1S/C10H16N4OS/c1-2-3-8-12-13-10(16-8)14-6-7(5-11)4-9(14)15/h7H,2-6,11H2,1H3. The fourth-order valence-electron chi connectivity index (χ4n) is 1.79. The van der Waals surface area contributed by atoms with E-state index in [9.17, 15) is 4.79 Å². The summed E-state index contributed by atoms with van der Waals surface area (Å²) in [5.41, 5.74) is 5.58. The van der Waals surface area contributed by atoms with Crippen molar-refractivity contribution in [2.24, 2.45) is 11.7 Å². The Kier molecular flexibility index (Phi) is 3.50. The molecule has 0 saturated carbocycles. The molecule has 6 heteroatoms. The number of hydrogen-bond acceptors (Lipinski definition) is 5. The molecule has 88 valence electrons. The van der Waals surface area contributed by atoms with Gasteiger partial charge in [0, 0.05) is 19.4 Å². The first-order chi connectivity index (χ1) is 7.74. The van der Waals surface area contributed by atoms with Gasteiger partial charge >= 0.3 is 0 Å². The summed E-state index contributed by atoms with van der Waals surface area (Å²) in [6.45, 7) is 3.35. The first-order valence-electron chi connectivity index (χ1n) is 5.57. The number of aromatic nitrogens is 2. The predicted octanol–water partition coefficient (Wildman–Crippen LogP) is 0.802. The fourth-order valence-corrected chi connectivity index (χ4v) is 2.76. The summed E-state index contributed by atoms with van der Waals surface area (Å²) in [7, 11) is 0. The van der Waals surface area contributed by atoms with Gasteiger partial charge in [-0.15, -0.1) is 10.2 Å². The predicted molar refractivity (Wildman–Crippen MR) is 63.4 cm³/mol. The number of aryl methyl sites for hydroxylation is 1. The summed E-state index contributed by atoms with van der Waals surface area (Å²) in [5.74, 6) is 0.390. The Morgan fingerprint density at radius 3 is 3.00 bits per heavy atom. The van der Waals surface area contributed by atoms with Crippen LogP contribution >= 0.6 is 11.3 Å². The van der Waals surface area contributed by atoms with E-state index in [1.165, 1.54) is 11.3 Å². The van der Waals surface area contributed by atoms with Crippen LogP contribution < -0.4 is 10.6 Å². The molecule has 1 aliphatic heterocycles. The molecule has 2 heterocycles. The van der Waals surface area contributed by atoms with Crippen LogP contribution in [0.1, 0.15) is 24.8 Å². The highest BCUT2D eigenvalue weighted by atomic mass is 32.1. The summed E-state index contributed by atoms with van der Waals surface area (Å²) < 4.78 is 0. The van der Waals surface area contributed by atoms with Crippen LogP contribution in [0.3, 0.4) is 0 Å². The molecule has 0 aliphatic carbocycles. The van der Waals surface area contributed by atoms with Crippen LogP contribution in [-0.2, 0) is 11.2 Å². The third-order valence-electron chi connectivity index (χ3n) is 2.69. The SMILES string of the molecule is CCCc1nnc(N2CC(CN)CC2=O)s1. The molecule has 1 aliphatic rings. The van der Waals surface area contributed by atoms with Crippen LogP contribution in [0.25, 0.3) is 0 Å². The smallest absolute Gasteiger partial charge is 0.229 e. The summed E-state index contributed by atoms with van der Waals surface area (Å²) >= 11 is 1.51. The van der Waals surface area contributed by atoms with Gasteiger partial charge in [-0.1, -0.05) is 18.3 Å². The molecule has 1 amide bonds. The van der Waals surface area contributed by atoms with Gasteiger partial charge in [0.2, 0.25) is 11.0 Å². The number of rotatable bonds is 4. The van der Waals surface area contributed by atoms with Crippen LogP contribution in [0.15, 0.2) is 0 Å². The maximum absolute atomic E-state index is 11.7. The number of carbonyl (C=O) groups excluding carboxylic acids is 1. The second-order valence-corrected chi connectivity index (χ2v) is 5.08. The van der Waals surface area contributed by atoms with Gasteiger partial charge in [0.1, 0.15) is 5.01 Å². The summed E-state index contributed by atoms with van der Waals surface area (Å²) in [6.07, 6.45) is 2.52. The van der Waals surface area contributed by atoms with Gasteiger partial charge in [-0.05, 0) is 18.9 Å². The molecule has 0 bridgehead atoms. The van der Waals surface area contributed by atoms with Gasteiger partial charge < -0.3 is 5.73 Å². The summed E-state index contributed by atoms with van der Waals surface area (Å²) in [5, 5.41) is 9.88. The Hall–Kier alpha value is -1.01. The molecule has 1 aromatic heterocycles. The molecule has 5 nitrogen and oxygen atoms in total. The number of hydrogen-bond donors (Lipinski definition) is 1. The van der Waals surface area contributed by atoms with Crippen LogP contribution in [0.5, 0.6) is 0 Å². The largest absolute Gasteiger partial charge is 0.330 e. The molecule has 0 spiro atoms. The van der Waals surface area contributed by atoms with Gasteiger partial charge in [0.25, 0.3) is 0 Å². The zero-order valence-corrected chi connectivity index (χ0v) is 10.2. The number of carbonyl (C=O) groups is 1. The highest BCUT2D eigenvalue weighted by Crippen LogP contribution is 2.27. The molecular formula is C10H16N4OS. The normalized spacial score (nSPS) is 20.8. The third kappa shape index (κ3) is 2.22. The zero-order chi connectivity index (χ0) is 11.5. The Morgan fingerprint density at radius 2 is 2.38 bits per heavy atom. The minimum absolute atomic E-state index is 0.120. The number of nitrogens with two attached hydrogens (primary N) is 1. The van der Waals surface area contributed by atoms with Crippen molar-refractivity contribution in [3.8, 4) is 0 Å². The van der Waals surface area contributed by atoms with Crippen molar-refractivity contribution in [1.29, 1.82) is 0 Å². The van der Waals surface area contributed by atoms with Crippen molar-refractivity contribution in [1.82, 2.24) is 10.2 Å². The van der Waals surface area contributed by atoms with E-state index in [1.807, 2.05) is 0 Å². The summed E-state index contributed by atoms with van der Waals surface area (Å²) in [4.78, 5) is 13.4. The first kappa shape index (κ1) is 11.5. The fraction of sp³-hybridized carbons (Fsp3) is 0.700. The van der Waals surface area contributed by atoms with Crippen molar-refractivity contribution in [2.45, 2.75) is 26.2 Å². The maximum atomic E-state index is 11.7. The molecule has 2 N–H and O–H groups in total. The highest BCUT2D eigenvalue weighted by molar-refractivity contribution is 7.15. The molecule has 1 aromatic rings. The minimum Gasteiger partial charge on any atom is -0.330 e. The Balaban J connectivity index is 2.09.